The molecule has 5 heteroatoms. The molecule has 4 aromatic rings. The highest BCUT2D eigenvalue weighted by atomic mass is 16.2. The summed E-state index contributed by atoms with van der Waals surface area (Å²) in [6, 6.07) is 18.7. The summed E-state index contributed by atoms with van der Waals surface area (Å²) >= 11 is 0. The van der Waals surface area contributed by atoms with Crippen LogP contribution in [0.25, 0.3) is 10.9 Å². The van der Waals surface area contributed by atoms with E-state index in [0.29, 0.717) is 11.1 Å². The van der Waals surface area contributed by atoms with E-state index in [0.717, 1.165) is 27.7 Å². The van der Waals surface area contributed by atoms with Crippen LogP contribution in [0.15, 0.2) is 77.9 Å². The van der Waals surface area contributed by atoms with Gasteiger partial charge in [-0.3, -0.25) is 14.6 Å². The third-order valence-electron chi connectivity index (χ3n) is 5.20. The first-order chi connectivity index (χ1) is 14.0. The van der Waals surface area contributed by atoms with Gasteiger partial charge in [-0.15, -0.1) is 0 Å². The SMILES string of the molecule is Cc1cccc(N(Cc2cc3ccccc3[nH]c2=O)C(=O)c2ccncc2)c1C. The Morgan fingerprint density at radius 2 is 1.76 bits per heavy atom. The Kier molecular flexibility index (Phi) is 4.96. The number of fused-ring (bicyclic) bond motifs is 1. The van der Waals surface area contributed by atoms with Crippen molar-refractivity contribution in [1.82, 2.24) is 9.97 Å². The van der Waals surface area contributed by atoms with Crippen molar-refractivity contribution in [3.05, 3.63) is 106 Å². The maximum Gasteiger partial charge on any atom is 0.258 e. The van der Waals surface area contributed by atoms with Crippen LogP contribution in [0.5, 0.6) is 0 Å². The molecule has 0 aliphatic rings. The van der Waals surface area contributed by atoms with Gasteiger partial charge < -0.3 is 9.88 Å². The molecule has 0 saturated carbocycles. The maximum atomic E-state index is 13.4. The van der Waals surface area contributed by atoms with Gasteiger partial charge in [0.15, 0.2) is 0 Å². The van der Waals surface area contributed by atoms with Crippen LogP contribution < -0.4 is 10.5 Å². The van der Waals surface area contributed by atoms with E-state index in [-0.39, 0.29) is 18.0 Å². The van der Waals surface area contributed by atoms with Gasteiger partial charge in [-0.1, -0.05) is 30.3 Å². The third-order valence-corrected chi connectivity index (χ3v) is 5.20. The van der Waals surface area contributed by atoms with Crippen LogP contribution in [0.1, 0.15) is 27.0 Å². The van der Waals surface area contributed by atoms with Crippen LogP contribution in [0.4, 0.5) is 5.69 Å². The smallest absolute Gasteiger partial charge is 0.258 e. The summed E-state index contributed by atoms with van der Waals surface area (Å²) in [5, 5.41) is 0.930. The normalized spacial score (nSPS) is 10.8. The number of nitrogens with zero attached hydrogens (tertiary/aromatic N) is 2. The molecule has 0 atom stereocenters. The topological polar surface area (TPSA) is 66.1 Å². The van der Waals surface area contributed by atoms with E-state index < -0.39 is 0 Å². The number of nitrogens with one attached hydrogen (secondary N) is 1. The Labute approximate surface area is 168 Å². The Balaban J connectivity index is 1.83. The number of H-pyrrole nitrogens is 1. The van der Waals surface area contributed by atoms with Crippen molar-refractivity contribution in [3.8, 4) is 0 Å². The molecule has 0 fully saturated rings. The van der Waals surface area contributed by atoms with Crippen molar-refractivity contribution in [2.45, 2.75) is 20.4 Å². The molecule has 0 aliphatic heterocycles. The van der Waals surface area contributed by atoms with Gasteiger partial charge in [0.2, 0.25) is 0 Å². The highest BCUT2D eigenvalue weighted by Crippen LogP contribution is 2.26. The number of hydrogen-bond donors (Lipinski definition) is 1. The fourth-order valence-electron chi connectivity index (χ4n) is 3.43. The molecule has 0 radical (unpaired) electrons. The molecule has 0 unspecified atom stereocenters. The lowest BCUT2D eigenvalue weighted by molar-refractivity contribution is 0.0985. The summed E-state index contributed by atoms with van der Waals surface area (Å²) in [4.78, 5) is 34.7. The molecule has 2 aromatic carbocycles. The van der Waals surface area contributed by atoms with Crippen LogP contribution in [0.3, 0.4) is 0 Å². The molecule has 144 valence electrons. The van der Waals surface area contributed by atoms with Crippen molar-refractivity contribution in [1.29, 1.82) is 0 Å². The minimum atomic E-state index is -0.193. The molecular weight excluding hydrogens is 362 g/mol. The Morgan fingerprint density at radius 1 is 1.00 bits per heavy atom. The number of rotatable bonds is 4. The molecule has 29 heavy (non-hydrogen) atoms. The Bertz CT molecular complexity index is 1250. The molecule has 1 N–H and O–H groups in total. The number of benzene rings is 2. The van der Waals surface area contributed by atoms with E-state index >= 15 is 0 Å². The van der Waals surface area contributed by atoms with Crippen molar-refractivity contribution in [2.24, 2.45) is 0 Å². The van der Waals surface area contributed by atoms with Crippen LogP contribution in [-0.2, 0) is 6.54 Å². The number of hydrogen-bond acceptors (Lipinski definition) is 3. The van der Waals surface area contributed by atoms with E-state index in [1.807, 2.05) is 62.4 Å². The first-order valence-electron chi connectivity index (χ1n) is 9.43. The lowest BCUT2D eigenvalue weighted by atomic mass is 10.1. The number of carbonyl (C=O) groups is 1. The van der Waals surface area contributed by atoms with E-state index in [9.17, 15) is 9.59 Å². The quantitative estimate of drug-likeness (QED) is 0.568. The van der Waals surface area contributed by atoms with Gasteiger partial charge in [-0.05, 0) is 60.7 Å². The predicted octanol–water partition coefficient (Wildman–Crippen LogP) is 4.39. The molecule has 2 aromatic heterocycles. The summed E-state index contributed by atoms with van der Waals surface area (Å²) in [5.74, 6) is -0.173. The molecular formula is C24H21N3O2. The summed E-state index contributed by atoms with van der Waals surface area (Å²) in [5.41, 5.74) is 4.53. The summed E-state index contributed by atoms with van der Waals surface area (Å²) < 4.78 is 0. The van der Waals surface area contributed by atoms with Gasteiger partial charge in [0.25, 0.3) is 11.5 Å². The minimum Gasteiger partial charge on any atom is -0.322 e. The van der Waals surface area contributed by atoms with Gasteiger partial charge in [-0.25, -0.2) is 0 Å². The van der Waals surface area contributed by atoms with E-state index in [2.05, 4.69) is 9.97 Å². The number of anilines is 1. The Morgan fingerprint density at radius 3 is 2.55 bits per heavy atom. The van der Waals surface area contributed by atoms with Crippen LogP contribution in [0.2, 0.25) is 0 Å². The Hall–Kier alpha value is -3.73. The monoisotopic (exact) mass is 383 g/mol. The number of pyridine rings is 2. The first kappa shape index (κ1) is 18.6. The standard InChI is InChI=1S/C24H21N3O2/c1-16-6-5-9-22(17(16)2)27(24(29)18-10-12-25-13-11-18)15-20-14-19-7-3-4-8-21(19)26-23(20)28/h3-14H,15H2,1-2H3,(H,26,28). The van der Waals surface area contributed by atoms with Crippen molar-refractivity contribution in [2.75, 3.05) is 4.90 Å². The molecule has 4 rings (SSSR count). The highest BCUT2D eigenvalue weighted by molar-refractivity contribution is 6.06. The number of amides is 1. The van der Waals surface area contributed by atoms with Gasteiger partial charge in [-0.2, -0.15) is 0 Å². The van der Waals surface area contributed by atoms with Gasteiger partial charge in [0, 0.05) is 34.7 Å². The number of aromatic nitrogens is 2. The average Bonchev–Trinajstić information content (AvgIpc) is 2.74. The highest BCUT2D eigenvalue weighted by Gasteiger charge is 2.21. The average molecular weight is 383 g/mol. The molecule has 0 aliphatic carbocycles. The second kappa shape index (κ2) is 7.72. The second-order valence-corrected chi connectivity index (χ2v) is 7.06. The first-order valence-corrected chi connectivity index (χ1v) is 9.43. The zero-order valence-electron chi connectivity index (χ0n) is 16.3. The fourth-order valence-corrected chi connectivity index (χ4v) is 3.43. The maximum absolute atomic E-state index is 13.4. The van der Waals surface area contributed by atoms with Crippen LogP contribution in [-0.4, -0.2) is 15.9 Å². The van der Waals surface area contributed by atoms with E-state index in [4.69, 9.17) is 0 Å². The predicted molar refractivity (Wildman–Crippen MR) is 115 cm³/mol. The summed E-state index contributed by atoms with van der Waals surface area (Å²) in [6.07, 6.45) is 3.19. The minimum absolute atomic E-state index is 0.172. The number of aromatic amines is 1. The van der Waals surface area contributed by atoms with Crippen molar-refractivity contribution in [3.63, 3.8) is 0 Å². The molecule has 2 heterocycles. The van der Waals surface area contributed by atoms with Crippen LogP contribution in [0, 0.1) is 13.8 Å². The summed E-state index contributed by atoms with van der Waals surface area (Å²) in [7, 11) is 0. The molecule has 5 nitrogen and oxygen atoms in total. The number of carbonyl (C=O) groups excluding carboxylic acids is 1. The zero-order chi connectivity index (χ0) is 20.4. The van der Waals surface area contributed by atoms with E-state index in [1.165, 1.54) is 0 Å². The number of aryl methyl sites for hydroxylation is 1. The fraction of sp³-hybridized carbons (Fsp3) is 0.125. The molecule has 0 saturated heterocycles. The zero-order valence-corrected chi connectivity index (χ0v) is 16.3. The van der Waals surface area contributed by atoms with E-state index in [1.54, 1.807) is 29.4 Å². The van der Waals surface area contributed by atoms with Gasteiger partial charge in [0.1, 0.15) is 0 Å². The second-order valence-electron chi connectivity index (χ2n) is 7.06. The van der Waals surface area contributed by atoms with Crippen LogP contribution >= 0.6 is 0 Å². The number of para-hydroxylation sites is 1. The lowest BCUT2D eigenvalue weighted by Gasteiger charge is -2.25. The molecule has 0 spiro atoms. The van der Waals surface area contributed by atoms with Crippen molar-refractivity contribution < 1.29 is 4.79 Å². The lowest BCUT2D eigenvalue weighted by Crippen LogP contribution is -2.33. The van der Waals surface area contributed by atoms with Crippen molar-refractivity contribution >= 4 is 22.5 Å². The summed E-state index contributed by atoms with van der Waals surface area (Å²) in [6.45, 7) is 4.17. The van der Waals surface area contributed by atoms with Gasteiger partial charge >= 0.3 is 0 Å². The molecule has 0 bridgehead atoms. The molecule has 1 amide bonds. The van der Waals surface area contributed by atoms with Gasteiger partial charge in [0.05, 0.1) is 6.54 Å². The third kappa shape index (κ3) is 3.67. The largest absolute Gasteiger partial charge is 0.322 e.